The maximum absolute atomic E-state index is 12.6. The first-order chi connectivity index (χ1) is 13.5. The first-order valence-corrected chi connectivity index (χ1v) is 10.6. The fourth-order valence-electron chi connectivity index (χ4n) is 5.70. The minimum Gasteiger partial charge on any atom is -0.461 e. The van der Waals surface area contributed by atoms with Crippen LogP contribution in [-0.2, 0) is 16.1 Å². The van der Waals surface area contributed by atoms with Crippen LogP contribution in [0.3, 0.4) is 0 Å². The van der Waals surface area contributed by atoms with Crippen LogP contribution in [0.1, 0.15) is 45.1 Å². The number of carbonyl (C=O) groups excluding carboxylic acids is 1. The van der Waals surface area contributed by atoms with Crippen molar-refractivity contribution in [3.8, 4) is 11.5 Å². The molecule has 0 radical (unpaired) electrons. The summed E-state index contributed by atoms with van der Waals surface area (Å²) in [5.74, 6) is 2.29. The minimum absolute atomic E-state index is 0.0417. The van der Waals surface area contributed by atoms with Gasteiger partial charge in [0, 0.05) is 19.0 Å². The first-order valence-electron chi connectivity index (χ1n) is 10.6. The summed E-state index contributed by atoms with van der Waals surface area (Å²) in [7, 11) is 0. The number of fused-ring (bicyclic) bond motifs is 3. The van der Waals surface area contributed by atoms with E-state index in [0.717, 1.165) is 23.5 Å². The highest BCUT2D eigenvalue weighted by Gasteiger charge is 2.51. The standard InChI is InChI=1S/C23H29NO4/c1-14-4-3-7-23(2)10-21-16(9-18(14)23)17(22(25)28-21)12-24-11-15-5-6-19-20(8-15)27-13-26-19/h5-6,8-9,14,16-17,21,24H,3-4,7,10-13H2,1-2H3/t14-,16-,17?,21-,23+/m1/s1. The highest BCUT2D eigenvalue weighted by atomic mass is 16.7. The molecule has 1 aromatic rings. The van der Waals surface area contributed by atoms with E-state index < -0.39 is 0 Å². The molecule has 5 atom stereocenters. The van der Waals surface area contributed by atoms with Crippen molar-refractivity contribution >= 4 is 5.97 Å². The summed E-state index contributed by atoms with van der Waals surface area (Å²) >= 11 is 0. The molecule has 1 saturated heterocycles. The second-order valence-electron chi connectivity index (χ2n) is 9.16. The lowest BCUT2D eigenvalue weighted by molar-refractivity contribution is -0.145. The van der Waals surface area contributed by atoms with E-state index in [0.29, 0.717) is 19.0 Å². The Balaban J connectivity index is 1.27. The van der Waals surface area contributed by atoms with Gasteiger partial charge in [0.05, 0.1) is 5.92 Å². The van der Waals surface area contributed by atoms with Crippen LogP contribution in [-0.4, -0.2) is 25.4 Å². The molecule has 0 aromatic heterocycles. The lowest BCUT2D eigenvalue weighted by Gasteiger charge is -2.46. The van der Waals surface area contributed by atoms with Crippen molar-refractivity contribution in [3.05, 3.63) is 35.4 Å². The molecule has 1 unspecified atom stereocenters. The molecule has 28 heavy (non-hydrogen) atoms. The van der Waals surface area contributed by atoms with Crippen LogP contribution in [0.2, 0.25) is 0 Å². The van der Waals surface area contributed by atoms with E-state index in [4.69, 9.17) is 14.2 Å². The normalized spacial score (nSPS) is 35.8. The SMILES string of the molecule is C[C@@H]1CCC[C@@]2(C)C[C@H]3OC(=O)C(CNCc4ccc5c(c4)OCO5)[C@H]3C=C12. The third-order valence-corrected chi connectivity index (χ3v) is 7.21. The molecule has 2 heterocycles. The molecule has 5 rings (SSSR count). The molecule has 5 nitrogen and oxygen atoms in total. The molecule has 2 fully saturated rings. The second-order valence-corrected chi connectivity index (χ2v) is 9.16. The van der Waals surface area contributed by atoms with E-state index in [2.05, 4.69) is 25.2 Å². The molecule has 2 aliphatic carbocycles. The largest absolute Gasteiger partial charge is 0.461 e. The number of ether oxygens (including phenoxy) is 3. The molecule has 5 heteroatoms. The van der Waals surface area contributed by atoms with Crippen molar-refractivity contribution in [1.82, 2.24) is 5.32 Å². The maximum Gasteiger partial charge on any atom is 0.311 e. The number of allylic oxidation sites excluding steroid dienone is 1. The predicted molar refractivity (Wildman–Crippen MR) is 105 cm³/mol. The van der Waals surface area contributed by atoms with Gasteiger partial charge in [0.15, 0.2) is 11.5 Å². The highest BCUT2D eigenvalue weighted by Crippen LogP contribution is 2.53. The monoisotopic (exact) mass is 383 g/mol. The van der Waals surface area contributed by atoms with Crippen molar-refractivity contribution in [2.45, 2.75) is 52.2 Å². The van der Waals surface area contributed by atoms with Crippen molar-refractivity contribution in [3.63, 3.8) is 0 Å². The van der Waals surface area contributed by atoms with Gasteiger partial charge in [-0.05, 0) is 48.3 Å². The fraction of sp³-hybridized carbons (Fsp3) is 0.609. The Morgan fingerprint density at radius 1 is 1.25 bits per heavy atom. The third kappa shape index (κ3) is 3.00. The topological polar surface area (TPSA) is 56.8 Å². The molecule has 4 aliphatic rings. The van der Waals surface area contributed by atoms with Gasteiger partial charge in [-0.25, -0.2) is 0 Å². The Hall–Kier alpha value is -2.01. The summed E-state index contributed by atoms with van der Waals surface area (Å²) in [5.41, 5.74) is 2.91. The number of hydrogen-bond donors (Lipinski definition) is 1. The van der Waals surface area contributed by atoms with Gasteiger partial charge in [-0.3, -0.25) is 4.79 Å². The van der Waals surface area contributed by atoms with Crippen molar-refractivity contribution in [2.75, 3.05) is 13.3 Å². The van der Waals surface area contributed by atoms with E-state index in [9.17, 15) is 4.79 Å². The summed E-state index contributed by atoms with van der Waals surface area (Å²) in [5, 5.41) is 3.46. The van der Waals surface area contributed by atoms with Gasteiger partial charge in [-0.15, -0.1) is 0 Å². The average molecular weight is 383 g/mol. The van der Waals surface area contributed by atoms with E-state index in [1.165, 1.54) is 19.3 Å². The molecule has 150 valence electrons. The van der Waals surface area contributed by atoms with Crippen molar-refractivity contribution in [2.24, 2.45) is 23.2 Å². The summed E-state index contributed by atoms with van der Waals surface area (Å²) in [4.78, 5) is 12.6. The van der Waals surface area contributed by atoms with Crippen molar-refractivity contribution < 1.29 is 19.0 Å². The quantitative estimate of drug-likeness (QED) is 0.633. The van der Waals surface area contributed by atoms with Crippen LogP contribution in [0.15, 0.2) is 29.8 Å². The Labute approximate surface area is 166 Å². The van der Waals surface area contributed by atoms with Gasteiger partial charge >= 0.3 is 5.97 Å². The van der Waals surface area contributed by atoms with E-state index in [1.54, 1.807) is 5.57 Å². The summed E-state index contributed by atoms with van der Waals surface area (Å²) < 4.78 is 16.6. The zero-order valence-electron chi connectivity index (χ0n) is 16.7. The lowest BCUT2D eigenvalue weighted by Crippen LogP contribution is -2.40. The highest BCUT2D eigenvalue weighted by molar-refractivity contribution is 5.76. The van der Waals surface area contributed by atoms with Crippen molar-refractivity contribution in [1.29, 1.82) is 0 Å². The molecule has 1 aromatic carbocycles. The molecule has 1 N–H and O–H groups in total. The van der Waals surface area contributed by atoms with Gasteiger partial charge in [0.25, 0.3) is 0 Å². The lowest BCUT2D eigenvalue weighted by atomic mass is 9.59. The zero-order valence-corrected chi connectivity index (χ0v) is 16.7. The Bertz CT molecular complexity index is 819. The summed E-state index contributed by atoms with van der Waals surface area (Å²) in [6.45, 7) is 6.33. The van der Waals surface area contributed by atoms with Gasteiger partial charge in [-0.2, -0.15) is 0 Å². The summed E-state index contributed by atoms with van der Waals surface area (Å²) in [6.07, 6.45) is 7.20. The smallest absolute Gasteiger partial charge is 0.311 e. The molecule has 0 spiro atoms. The number of benzene rings is 1. The van der Waals surface area contributed by atoms with Gasteiger partial charge < -0.3 is 19.5 Å². The second kappa shape index (κ2) is 6.80. The number of hydrogen-bond acceptors (Lipinski definition) is 5. The number of nitrogens with one attached hydrogen (secondary N) is 1. The molecule has 0 amide bonds. The fourth-order valence-corrected chi connectivity index (χ4v) is 5.70. The molecule has 0 bridgehead atoms. The molecule has 1 saturated carbocycles. The Morgan fingerprint density at radius 3 is 3.00 bits per heavy atom. The number of rotatable bonds is 4. The first kappa shape index (κ1) is 18.0. The van der Waals surface area contributed by atoms with E-state index >= 15 is 0 Å². The number of esters is 1. The zero-order chi connectivity index (χ0) is 19.3. The minimum atomic E-state index is -0.0924. The Morgan fingerprint density at radius 2 is 2.11 bits per heavy atom. The van der Waals surface area contributed by atoms with Crippen LogP contribution in [0.5, 0.6) is 11.5 Å². The van der Waals surface area contributed by atoms with Gasteiger partial charge in [0.2, 0.25) is 6.79 Å². The molecule has 2 aliphatic heterocycles. The number of carbonyl (C=O) groups is 1. The van der Waals surface area contributed by atoms with Crippen LogP contribution in [0, 0.1) is 23.2 Å². The Kier molecular flexibility index (Phi) is 4.38. The van der Waals surface area contributed by atoms with Gasteiger partial charge in [0.1, 0.15) is 6.10 Å². The summed E-state index contributed by atoms with van der Waals surface area (Å²) in [6, 6.07) is 5.98. The molecular formula is C23H29NO4. The van der Waals surface area contributed by atoms with Gasteiger partial charge in [-0.1, -0.05) is 38.0 Å². The average Bonchev–Trinajstić information content (AvgIpc) is 3.24. The third-order valence-electron chi connectivity index (χ3n) is 7.21. The molecular weight excluding hydrogens is 354 g/mol. The maximum atomic E-state index is 12.6. The van der Waals surface area contributed by atoms with E-state index in [-0.39, 0.29) is 36.1 Å². The van der Waals surface area contributed by atoms with Crippen LogP contribution in [0.25, 0.3) is 0 Å². The van der Waals surface area contributed by atoms with E-state index in [1.807, 2.05) is 18.2 Å². The predicted octanol–water partition coefficient (Wildman–Crippen LogP) is 3.82. The van der Waals surface area contributed by atoms with Crippen LogP contribution < -0.4 is 14.8 Å². The van der Waals surface area contributed by atoms with Crippen LogP contribution >= 0.6 is 0 Å². The van der Waals surface area contributed by atoms with Crippen LogP contribution in [0.4, 0.5) is 0 Å².